The number of anilines is 2. The van der Waals surface area contributed by atoms with Crippen molar-refractivity contribution < 1.29 is 0 Å². The van der Waals surface area contributed by atoms with Crippen molar-refractivity contribution in [2.45, 2.75) is 25.7 Å². The van der Waals surface area contributed by atoms with E-state index in [1.165, 1.54) is 24.3 Å². The lowest BCUT2D eigenvalue weighted by atomic mass is 9.98. The molecule has 1 aliphatic rings. The molecule has 1 saturated heterocycles. The van der Waals surface area contributed by atoms with Crippen molar-refractivity contribution in [1.29, 1.82) is 0 Å². The van der Waals surface area contributed by atoms with Crippen LogP contribution in [-0.4, -0.2) is 58.4 Å². The van der Waals surface area contributed by atoms with E-state index in [1.54, 1.807) is 10.8 Å². The predicted octanol–water partition coefficient (Wildman–Crippen LogP) is 3.40. The van der Waals surface area contributed by atoms with E-state index in [0.29, 0.717) is 11.9 Å². The van der Waals surface area contributed by atoms with Crippen LogP contribution in [0.2, 0.25) is 0 Å². The van der Waals surface area contributed by atoms with Gasteiger partial charge in [0, 0.05) is 13.0 Å². The number of rotatable bonds is 3. The van der Waals surface area contributed by atoms with Gasteiger partial charge >= 0.3 is 0 Å². The van der Waals surface area contributed by atoms with Gasteiger partial charge in [0.05, 0.1) is 23.8 Å². The largest absolute Gasteiger partial charge is 0.323 e. The minimum atomic E-state index is -0.430. The number of nitrogens with one attached hydrogen (secondary N) is 1. The minimum Gasteiger partial charge on any atom is -0.323 e. The topological polar surface area (TPSA) is 85.8 Å². The van der Waals surface area contributed by atoms with Crippen LogP contribution < -0.4 is 5.32 Å². The van der Waals surface area contributed by atoms with E-state index in [1.807, 2.05) is 37.1 Å². The lowest BCUT2D eigenvalue weighted by molar-refractivity contribution is 0.600. The molecule has 0 bridgehead atoms. The smallest absolute Gasteiger partial charge is 0.227 e. The van der Waals surface area contributed by atoms with Crippen LogP contribution in [0.15, 0.2) is 24.8 Å². The normalized spacial score (nSPS) is 18.3. The Bertz CT molecular complexity index is 1200. The summed E-state index contributed by atoms with van der Waals surface area (Å²) in [6, 6.07) is 2.00. The summed E-state index contributed by atoms with van der Waals surface area (Å²) in [6.07, 6.45) is 12.6. The number of fused-ring (bicyclic) bond motifs is 2. The molecule has 1 fully saturated rings. The first-order valence-electron chi connectivity index (χ1n) is 9.85. The molecule has 0 aliphatic carbocycles. The number of aryl methyl sites for hydroxylation is 2. The molecule has 4 aromatic heterocycles. The van der Waals surface area contributed by atoms with Crippen molar-refractivity contribution in [1.82, 2.24) is 34.3 Å². The molecule has 5 heterocycles. The zero-order valence-corrected chi connectivity index (χ0v) is 18.1. The molecule has 29 heavy (non-hydrogen) atoms. The van der Waals surface area contributed by atoms with Crippen LogP contribution in [0, 0.1) is 6.92 Å². The maximum absolute atomic E-state index is 4.87. The summed E-state index contributed by atoms with van der Waals surface area (Å²) < 4.78 is 3.66. The Kier molecular flexibility index (Phi) is 4.23. The zero-order chi connectivity index (χ0) is 20.2. The molecule has 152 valence electrons. The lowest BCUT2D eigenvalue weighted by Gasteiger charge is -2.38. The SMILES string of the molecule is Cc1cc2ncnn2cc1Nc1ncc2c(n1)c(C1CCS(C)(C)CC1)nn2C. The molecular weight excluding hydrogens is 384 g/mol. The molecule has 0 radical (unpaired) electrons. The number of aromatic nitrogens is 7. The maximum Gasteiger partial charge on any atom is 0.227 e. The Morgan fingerprint density at radius 3 is 2.76 bits per heavy atom. The molecule has 9 heteroatoms. The summed E-state index contributed by atoms with van der Waals surface area (Å²) in [5, 5.41) is 12.4. The van der Waals surface area contributed by atoms with E-state index in [-0.39, 0.29) is 0 Å². The molecule has 5 rings (SSSR count). The fourth-order valence-corrected chi connectivity index (χ4v) is 6.10. The highest BCUT2D eigenvalue weighted by atomic mass is 32.3. The summed E-state index contributed by atoms with van der Waals surface area (Å²) in [5.74, 6) is 3.68. The Morgan fingerprint density at radius 1 is 1.17 bits per heavy atom. The highest BCUT2D eigenvalue weighted by Gasteiger charge is 2.28. The lowest BCUT2D eigenvalue weighted by Crippen LogP contribution is -2.19. The first-order chi connectivity index (χ1) is 13.9. The van der Waals surface area contributed by atoms with Crippen LogP contribution in [0.25, 0.3) is 16.7 Å². The molecule has 0 amide bonds. The van der Waals surface area contributed by atoms with Gasteiger partial charge in [-0.15, -0.1) is 0 Å². The van der Waals surface area contributed by atoms with Gasteiger partial charge in [-0.25, -0.2) is 29.5 Å². The van der Waals surface area contributed by atoms with Crippen LogP contribution >= 0.6 is 10.0 Å². The fraction of sp³-hybridized carbons (Fsp3) is 0.450. The minimum absolute atomic E-state index is 0.430. The molecule has 0 spiro atoms. The van der Waals surface area contributed by atoms with Gasteiger partial charge in [-0.05, 0) is 55.4 Å². The van der Waals surface area contributed by atoms with Crippen LogP contribution in [0.1, 0.15) is 30.0 Å². The summed E-state index contributed by atoms with van der Waals surface area (Å²) in [4.78, 5) is 13.6. The number of hydrogen-bond donors (Lipinski definition) is 1. The van der Waals surface area contributed by atoms with Crippen molar-refractivity contribution in [2.24, 2.45) is 7.05 Å². The first kappa shape index (κ1) is 18.4. The molecule has 1 N–H and O–H groups in total. The van der Waals surface area contributed by atoms with Crippen LogP contribution in [0.5, 0.6) is 0 Å². The van der Waals surface area contributed by atoms with E-state index in [4.69, 9.17) is 10.1 Å². The second-order valence-corrected chi connectivity index (χ2v) is 12.8. The molecule has 8 nitrogen and oxygen atoms in total. The van der Waals surface area contributed by atoms with Crippen molar-refractivity contribution in [3.8, 4) is 0 Å². The third-order valence-electron chi connectivity index (χ3n) is 5.91. The second-order valence-electron chi connectivity index (χ2n) is 8.44. The average molecular weight is 411 g/mol. The highest BCUT2D eigenvalue weighted by molar-refractivity contribution is 8.32. The monoisotopic (exact) mass is 410 g/mol. The molecule has 0 unspecified atom stereocenters. The molecule has 0 aromatic carbocycles. The van der Waals surface area contributed by atoms with E-state index < -0.39 is 10.0 Å². The van der Waals surface area contributed by atoms with Crippen LogP contribution in [0.3, 0.4) is 0 Å². The highest BCUT2D eigenvalue weighted by Crippen LogP contribution is 2.49. The van der Waals surface area contributed by atoms with Gasteiger partial charge in [-0.2, -0.15) is 10.2 Å². The fourth-order valence-electron chi connectivity index (χ4n) is 4.05. The van der Waals surface area contributed by atoms with E-state index in [2.05, 4.69) is 32.9 Å². The Morgan fingerprint density at radius 2 is 1.97 bits per heavy atom. The summed E-state index contributed by atoms with van der Waals surface area (Å²) >= 11 is 0. The van der Waals surface area contributed by atoms with Crippen molar-refractivity contribution in [3.63, 3.8) is 0 Å². The van der Waals surface area contributed by atoms with Gasteiger partial charge in [-0.3, -0.25) is 4.68 Å². The molecular formula is C20H26N8S. The van der Waals surface area contributed by atoms with Crippen LogP contribution in [-0.2, 0) is 7.05 Å². The zero-order valence-electron chi connectivity index (χ0n) is 17.3. The number of hydrogen-bond acceptors (Lipinski definition) is 6. The van der Waals surface area contributed by atoms with E-state index in [9.17, 15) is 0 Å². The Labute approximate surface area is 171 Å². The molecule has 4 aromatic rings. The van der Waals surface area contributed by atoms with E-state index in [0.717, 1.165) is 33.6 Å². The van der Waals surface area contributed by atoms with Gasteiger partial charge in [-0.1, -0.05) is 0 Å². The maximum atomic E-state index is 4.87. The van der Waals surface area contributed by atoms with Gasteiger partial charge in [0.15, 0.2) is 5.65 Å². The van der Waals surface area contributed by atoms with Gasteiger partial charge in [0.25, 0.3) is 0 Å². The molecule has 0 atom stereocenters. The van der Waals surface area contributed by atoms with Gasteiger partial charge in [0.1, 0.15) is 17.4 Å². The predicted molar refractivity (Wildman–Crippen MR) is 118 cm³/mol. The average Bonchev–Trinajstić information content (AvgIpc) is 3.26. The third kappa shape index (κ3) is 3.33. The summed E-state index contributed by atoms with van der Waals surface area (Å²) in [7, 11) is 1.55. The summed E-state index contributed by atoms with van der Waals surface area (Å²) in [5.41, 5.74) is 5.86. The van der Waals surface area contributed by atoms with E-state index >= 15 is 0 Å². The second kappa shape index (κ2) is 6.69. The standard InChI is InChI=1S/C20H26N8S/c1-13-9-17-22-12-23-28(17)11-15(13)24-20-21-10-16-19(25-20)18(26-27(16)2)14-5-7-29(3,4)8-6-14/h9-12,14H,5-8H2,1-4H3,(H,21,24,25). The van der Waals surface area contributed by atoms with Crippen LogP contribution in [0.4, 0.5) is 11.6 Å². The van der Waals surface area contributed by atoms with Crippen molar-refractivity contribution in [2.75, 3.05) is 29.3 Å². The first-order valence-corrected chi connectivity index (χ1v) is 12.6. The van der Waals surface area contributed by atoms with Crippen molar-refractivity contribution >= 4 is 38.3 Å². The Balaban J connectivity index is 1.50. The summed E-state index contributed by atoms with van der Waals surface area (Å²) in [6.45, 7) is 2.04. The quantitative estimate of drug-likeness (QED) is 0.557. The van der Waals surface area contributed by atoms with Gasteiger partial charge in [0.2, 0.25) is 5.95 Å². The number of nitrogens with zero attached hydrogens (tertiary/aromatic N) is 7. The van der Waals surface area contributed by atoms with Gasteiger partial charge < -0.3 is 5.32 Å². The Hall–Kier alpha value is -2.68. The third-order valence-corrected chi connectivity index (χ3v) is 8.59. The molecule has 1 aliphatic heterocycles. The van der Waals surface area contributed by atoms with Crippen molar-refractivity contribution in [3.05, 3.63) is 36.0 Å². The molecule has 0 saturated carbocycles. The number of pyridine rings is 1.